The van der Waals surface area contributed by atoms with Crippen molar-refractivity contribution < 1.29 is 9.59 Å². The topological polar surface area (TPSA) is 59.1 Å². The number of halogens is 1. The number of hydrogen-bond donors (Lipinski definition) is 1. The number of hydrogen-bond acceptors (Lipinski definition) is 3. The molecule has 0 saturated carbocycles. The lowest BCUT2D eigenvalue weighted by molar-refractivity contribution is -0.123. The first kappa shape index (κ1) is 16.2. The van der Waals surface area contributed by atoms with Crippen LogP contribution in [0, 0.1) is 5.41 Å². The Bertz CT molecular complexity index is 706. The molecule has 1 N–H and O–H groups in total. The summed E-state index contributed by atoms with van der Waals surface area (Å²) in [6.45, 7) is 5.41. The van der Waals surface area contributed by atoms with Crippen molar-refractivity contribution >= 4 is 29.0 Å². The molecule has 0 atom stereocenters. The summed E-state index contributed by atoms with van der Waals surface area (Å²) in [6, 6.07) is 9.89. The van der Waals surface area contributed by atoms with E-state index in [4.69, 9.17) is 11.6 Å². The van der Waals surface area contributed by atoms with Crippen LogP contribution in [0.4, 0.5) is 5.69 Å². The molecule has 0 saturated heterocycles. The molecule has 1 aromatic heterocycles. The van der Waals surface area contributed by atoms with E-state index in [2.05, 4.69) is 10.3 Å². The van der Waals surface area contributed by atoms with Crippen LogP contribution in [0.3, 0.4) is 0 Å². The minimum atomic E-state index is -0.565. The first-order valence-corrected chi connectivity index (χ1v) is 7.23. The number of anilines is 1. The lowest BCUT2D eigenvalue weighted by Crippen LogP contribution is -2.28. The highest BCUT2D eigenvalue weighted by molar-refractivity contribution is 6.31. The number of carbonyl (C=O) groups excluding carboxylic acids is 2. The Morgan fingerprint density at radius 3 is 2.45 bits per heavy atom. The number of benzene rings is 1. The third kappa shape index (κ3) is 3.71. The highest BCUT2D eigenvalue weighted by Crippen LogP contribution is 2.25. The van der Waals surface area contributed by atoms with Gasteiger partial charge in [-0.15, -0.1) is 0 Å². The minimum Gasteiger partial charge on any atom is -0.325 e. The van der Waals surface area contributed by atoms with Crippen LogP contribution in [0.2, 0.25) is 5.02 Å². The van der Waals surface area contributed by atoms with Crippen LogP contribution in [0.25, 0.3) is 0 Å². The fourth-order valence-electron chi connectivity index (χ4n) is 1.76. The van der Waals surface area contributed by atoms with Gasteiger partial charge in [0.05, 0.1) is 5.69 Å². The summed E-state index contributed by atoms with van der Waals surface area (Å²) >= 11 is 5.99. The molecule has 4 nitrogen and oxygen atoms in total. The second-order valence-corrected chi connectivity index (χ2v) is 6.37. The predicted molar refractivity (Wildman–Crippen MR) is 87.2 cm³/mol. The van der Waals surface area contributed by atoms with Gasteiger partial charge in [0, 0.05) is 22.2 Å². The van der Waals surface area contributed by atoms with Gasteiger partial charge in [-0.3, -0.25) is 14.6 Å². The van der Waals surface area contributed by atoms with E-state index in [1.807, 2.05) is 0 Å². The van der Waals surface area contributed by atoms with E-state index in [0.29, 0.717) is 22.0 Å². The second-order valence-electron chi connectivity index (χ2n) is 5.94. The first-order valence-electron chi connectivity index (χ1n) is 6.86. The highest BCUT2D eigenvalue weighted by atomic mass is 35.5. The van der Waals surface area contributed by atoms with Gasteiger partial charge >= 0.3 is 0 Å². The molecule has 0 aliphatic heterocycles. The number of amides is 1. The summed E-state index contributed by atoms with van der Waals surface area (Å²) in [5.74, 6) is -0.461. The zero-order valence-corrected chi connectivity index (χ0v) is 13.4. The normalized spacial score (nSPS) is 11.1. The number of nitrogens with one attached hydrogen (secondary N) is 1. The molecule has 22 heavy (non-hydrogen) atoms. The average molecular weight is 317 g/mol. The van der Waals surface area contributed by atoms with Crippen LogP contribution in [-0.4, -0.2) is 16.7 Å². The van der Waals surface area contributed by atoms with Crippen LogP contribution in [0.15, 0.2) is 42.6 Å². The van der Waals surface area contributed by atoms with E-state index < -0.39 is 5.41 Å². The van der Waals surface area contributed by atoms with E-state index >= 15 is 0 Å². The Morgan fingerprint density at radius 1 is 1.14 bits per heavy atom. The zero-order chi connectivity index (χ0) is 16.3. The predicted octanol–water partition coefficient (Wildman–Crippen LogP) is 3.95. The molecule has 5 heteroatoms. The minimum absolute atomic E-state index is 0.176. The van der Waals surface area contributed by atoms with Crippen LogP contribution in [-0.2, 0) is 4.79 Å². The van der Waals surface area contributed by atoms with Crippen LogP contribution < -0.4 is 5.32 Å². The molecule has 0 unspecified atom stereocenters. The van der Waals surface area contributed by atoms with Gasteiger partial charge in [-0.2, -0.15) is 0 Å². The maximum Gasteiger partial charge on any atom is 0.229 e. The number of aromatic nitrogens is 1. The maximum absolute atomic E-state index is 12.6. The molecular weight excluding hydrogens is 300 g/mol. The number of pyridine rings is 1. The molecular formula is C17H17ClN2O2. The molecule has 0 radical (unpaired) electrons. The van der Waals surface area contributed by atoms with Crippen molar-refractivity contribution in [1.29, 1.82) is 0 Å². The maximum atomic E-state index is 12.6. The van der Waals surface area contributed by atoms with Gasteiger partial charge in [-0.25, -0.2) is 0 Å². The average Bonchev–Trinajstić information content (AvgIpc) is 2.48. The lowest BCUT2D eigenvalue weighted by atomic mass is 9.95. The van der Waals surface area contributed by atoms with Gasteiger partial charge in [0.25, 0.3) is 0 Å². The number of nitrogens with zero attached hydrogens (tertiary/aromatic N) is 1. The highest BCUT2D eigenvalue weighted by Gasteiger charge is 2.23. The largest absolute Gasteiger partial charge is 0.325 e. The molecule has 1 aromatic carbocycles. The molecule has 0 bridgehead atoms. The van der Waals surface area contributed by atoms with Crippen LogP contribution >= 0.6 is 11.6 Å². The molecule has 0 spiro atoms. The quantitative estimate of drug-likeness (QED) is 0.872. The molecule has 0 aliphatic carbocycles. The van der Waals surface area contributed by atoms with E-state index in [9.17, 15) is 9.59 Å². The van der Waals surface area contributed by atoms with Crippen molar-refractivity contribution in [3.05, 3.63) is 58.9 Å². The van der Waals surface area contributed by atoms with Crippen LogP contribution in [0.5, 0.6) is 0 Å². The molecule has 1 heterocycles. The van der Waals surface area contributed by atoms with E-state index in [-0.39, 0.29) is 11.7 Å². The summed E-state index contributed by atoms with van der Waals surface area (Å²) in [6.07, 6.45) is 1.55. The van der Waals surface area contributed by atoms with E-state index in [0.717, 1.165) is 0 Å². The summed E-state index contributed by atoms with van der Waals surface area (Å²) in [5.41, 5.74) is 0.491. The number of ketones is 1. The Balaban J connectivity index is 2.41. The van der Waals surface area contributed by atoms with Crippen molar-refractivity contribution in [3.8, 4) is 0 Å². The Kier molecular flexibility index (Phi) is 4.62. The third-order valence-electron chi connectivity index (χ3n) is 3.05. The second kappa shape index (κ2) is 6.28. The van der Waals surface area contributed by atoms with Crippen molar-refractivity contribution in [2.75, 3.05) is 5.32 Å². The fraction of sp³-hybridized carbons (Fsp3) is 0.235. The van der Waals surface area contributed by atoms with Gasteiger partial charge in [0.1, 0.15) is 5.69 Å². The summed E-state index contributed by atoms with van der Waals surface area (Å²) in [7, 11) is 0. The molecule has 0 fully saturated rings. The summed E-state index contributed by atoms with van der Waals surface area (Å²) in [5, 5.41) is 3.21. The molecule has 1 amide bonds. The summed E-state index contributed by atoms with van der Waals surface area (Å²) in [4.78, 5) is 28.8. The lowest BCUT2D eigenvalue weighted by Gasteiger charge is -2.19. The number of rotatable bonds is 3. The van der Waals surface area contributed by atoms with Gasteiger partial charge in [-0.05, 0) is 30.3 Å². The van der Waals surface area contributed by atoms with Crippen LogP contribution in [0.1, 0.15) is 36.8 Å². The zero-order valence-electron chi connectivity index (χ0n) is 12.7. The monoisotopic (exact) mass is 316 g/mol. The van der Waals surface area contributed by atoms with Gasteiger partial charge in [0.2, 0.25) is 11.7 Å². The Hall–Kier alpha value is -2.20. The van der Waals surface area contributed by atoms with Gasteiger partial charge in [-0.1, -0.05) is 38.4 Å². The van der Waals surface area contributed by atoms with Gasteiger partial charge < -0.3 is 5.32 Å². The smallest absolute Gasteiger partial charge is 0.229 e. The molecule has 2 aromatic rings. The summed E-state index contributed by atoms with van der Waals surface area (Å²) < 4.78 is 0. The van der Waals surface area contributed by atoms with E-state index in [1.165, 1.54) is 6.07 Å². The van der Waals surface area contributed by atoms with Crippen molar-refractivity contribution in [2.24, 2.45) is 5.41 Å². The Labute approximate surface area is 134 Å². The van der Waals surface area contributed by atoms with Crippen molar-refractivity contribution in [3.63, 3.8) is 0 Å². The van der Waals surface area contributed by atoms with Crippen molar-refractivity contribution in [2.45, 2.75) is 20.8 Å². The van der Waals surface area contributed by atoms with E-state index in [1.54, 1.807) is 57.3 Å². The molecule has 0 aliphatic rings. The SMILES string of the molecule is CC(C)(C)C(=O)Nc1ccc(Cl)cc1C(=O)c1ccccn1. The number of carbonyl (C=O) groups is 2. The molecule has 114 valence electrons. The van der Waals surface area contributed by atoms with Crippen molar-refractivity contribution in [1.82, 2.24) is 4.98 Å². The third-order valence-corrected chi connectivity index (χ3v) is 3.29. The first-order chi connectivity index (χ1) is 10.3. The Morgan fingerprint density at radius 2 is 1.86 bits per heavy atom. The van der Waals surface area contributed by atoms with Gasteiger partial charge in [0.15, 0.2) is 0 Å². The fourth-order valence-corrected chi connectivity index (χ4v) is 1.93. The molecule has 2 rings (SSSR count). The standard InChI is InChI=1S/C17H17ClN2O2/c1-17(2,3)16(22)20-13-8-7-11(18)10-12(13)15(21)14-6-4-5-9-19-14/h4-10H,1-3H3,(H,20,22).